The van der Waals surface area contributed by atoms with Crippen LogP contribution in [0.1, 0.15) is 28.6 Å². The van der Waals surface area contributed by atoms with Crippen LogP contribution in [-0.2, 0) is 9.47 Å². The number of benzene rings is 1. The number of carbonyl (C=O) groups excluding carboxylic acids is 1. The van der Waals surface area contributed by atoms with Gasteiger partial charge in [0.1, 0.15) is 24.9 Å². The summed E-state index contributed by atoms with van der Waals surface area (Å²) in [6, 6.07) is 7.90. The summed E-state index contributed by atoms with van der Waals surface area (Å²) in [4.78, 5) is 37.9. The molecule has 1 aromatic carbocycles. The summed E-state index contributed by atoms with van der Waals surface area (Å²) in [7, 11) is 0. The second kappa shape index (κ2) is 8.53. The Morgan fingerprint density at radius 2 is 2.11 bits per heavy atom. The number of aromatic nitrogens is 2. The number of hydrogen-bond donors (Lipinski definition) is 1. The number of thioether (sulfide) groups is 1. The summed E-state index contributed by atoms with van der Waals surface area (Å²) in [5.74, 6) is -0.497. The maximum atomic E-state index is 12.9. The highest BCUT2D eigenvalue weighted by Crippen LogP contribution is 2.36. The fraction of sp³-hybridized carbons (Fsp3) is 0.389. The molecule has 1 N–H and O–H groups in total. The fourth-order valence-electron chi connectivity index (χ4n) is 2.89. The Kier molecular flexibility index (Phi) is 6.12. The molecule has 7 nitrogen and oxygen atoms in total. The molecule has 0 unspecified atom stereocenters. The van der Waals surface area contributed by atoms with Gasteiger partial charge in [0.2, 0.25) is 0 Å². The van der Waals surface area contributed by atoms with Crippen molar-refractivity contribution < 1.29 is 18.7 Å². The number of alkyl halides is 1. The molecule has 1 aromatic heterocycles. The van der Waals surface area contributed by atoms with Crippen LogP contribution in [0.25, 0.3) is 0 Å². The minimum absolute atomic E-state index is 0.0566. The third-order valence-electron chi connectivity index (χ3n) is 4.30. The molecule has 9 heteroatoms. The molecule has 1 aliphatic rings. The molecule has 144 valence electrons. The summed E-state index contributed by atoms with van der Waals surface area (Å²) in [5, 5.41) is -0.289. The van der Waals surface area contributed by atoms with E-state index in [2.05, 4.69) is 4.98 Å². The average Bonchev–Trinajstić information content (AvgIpc) is 3.06. The normalized spacial score (nSPS) is 21.9. The van der Waals surface area contributed by atoms with E-state index < -0.39 is 35.6 Å². The van der Waals surface area contributed by atoms with Gasteiger partial charge in [-0.05, 0) is 19.1 Å². The highest BCUT2D eigenvalue weighted by atomic mass is 32.2. The third kappa shape index (κ3) is 4.48. The molecule has 0 spiro atoms. The number of esters is 1. The van der Waals surface area contributed by atoms with Gasteiger partial charge in [0.25, 0.3) is 5.56 Å². The van der Waals surface area contributed by atoms with E-state index in [1.807, 2.05) is 0 Å². The number of H-pyrrole nitrogens is 1. The first kappa shape index (κ1) is 19.4. The van der Waals surface area contributed by atoms with E-state index in [1.54, 1.807) is 37.3 Å². The van der Waals surface area contributed by atoms with Crippen LogP contribution in [0.4, 0.5) is 4.39 Å². The van der Waals surface area contributed by atoms with E-state index in [1.165, 1.54) is 10.8 Å². The van der Waals surface area contributed by atoms with E-state index in [9.17, 15) is 18.8 Å². The van der Waals surface area contributed by atoms with Crippen molar-refractivity contribution in [3.63, 3.8) is 0 Å². The number of ether oxygens (including phenoxy) is 2. The van der Waals surface area contributed by atoms with Gasteiger partial charge in [0.15, 0.2) is 0 Å². The number of halogens is 1. The Bertz CT molecular complexity index is 914. The molecular weight excluding hydrogens is 375 g/mol. The van der Waals surface area contributed by atoms with Crippen LogP contribution in [0.15, 0.2) is 46.1 Å². The molecule has 0 aliphatic carbocycles. The molecule has 0 amide bonds. The molecule has 0 radical (unpaired) electrons. The Balaban J connectivity index is 1.71. The molecule has 27 heavy (non-hydrogen) atoms. The molecule has 1 fully saturated rings. The van der Waals surface area contributed by atoms with Crippen molar-refractivity contribution in [3.8, 4) is 0 Å². The Morgan fingerprint density at radius 1 is 1.37 bits per heavy atom. The van der Waals surface area contributed by atoms with Gasteiger partial charge in [-0.1, -0.05) is 18.2 Å². The lowest BCUT2D eigenvalue weighted by molar-refractivity contribution is -0.0332. The first-order valence-electron chi connectivity index (χ1n) is 8.37. The lowest BCUT2D eigenvalue weighted by atomic mass is 10.2. The van der Waals surface area contributed by atoms with Crippen molar-refractivity contribution in [2.45, 2.75) is 30.9 Å². The molecule has 2 aromatic rings. The quantitative estimate of drug-likeness (QED) is 0.754. The van der Waals surface area contributed by atoms with Crippen LogP contribution in [-0.4, -0.2) is 39.5 Å². The molecule has 0 saturated carbocycles. The summed E-state index contributed by atoms with van der Waals surface area (Å²) >= 11 is 1.04. The van der Waals surface area contributed by atoms with E-state index in [0.29, 0.717) is 17.5 Å². The summed E-state index contributed by atoms with van der Waals surface area (Å²) in [6.07, 6.45) is 0.537. The van der Waals surface area contributed by atoms with Crippen molar-refractivity contribution in [1.29, 1.82) is 0 Å². The average molecular weight is 394 g/mol. The van der Waals surface area contributed by atoms with E-state index in [4.69, 9.17) is 9.47 Å². The van der Waals surface area contributed by atoms with Crippen LogP contribution in [0, 0.1) is 6.92 Å². The second-order valence-electron chi connectivity index (χ2n) is 6.12. The summed E-state index contributed by atoms with van der Waals surface area (Å²) in [5.41, 5.74) is -0.278. The topological polar surface area (TPSA) is 90.4 Å². The highest BCUT2D eigenvalue weighted by Gasteiger charge is 2.38. The predicted molar refractivity (Wildman–Crippen MR) is 98.7 cm³/mol. The number of rotatable bonds is 6. The number of aromatic amines is 1. The molecule has 3 rings (SSSR count). The maximum Gasteiger partial charge on any atom is 0.338 e. The zero-order valence-electron chi connectivity index (χ0n) is 14.6. The zero-order valence-corrected chi connectivity index (χ0v) is 15.4. The van der Waals surface area contributed by atoms with Crippen LogP contribution in [0.2, 0.25) is 0 Å². The predicted octanol–water partition coefficient (Wildman–Crippen LogP) is 2.02. The van der Waals surface area contributed by atoms with Crippen molar-refractivity contribution in [2.24, 2.45) is 0 Å². The van der Waals surface area contributed by atoms with Gasteiger partial charge in [-0.25, -0.2) is 14.0 Å². The van der Waals surface area contributed by atoms with E-state index in [0.717, 1.165) is 11.8 Å². The van der Waals surface area contributed by atoms with Crippen molar-refractivity contribution in [2.75, 3.05) is 12.6 Å². The standard InChI is InChI=1S/C18H19FN2O5S/c1-11-8-21(18(24)20-16(11)22)15-7-14(27-10-19)13(26-15)9-25-17(23)12-5-3-2-4-6-12/h2-6,8,13-15H,7,9-10H2,1H3,(H,20,22,24)/t13-,14+,15-/m1/s1. The second-order valence-corrected chi connectivity index (χ2v) is 7.28. The number of nitrogens with zero attached hydrogens (tertiary/aromatic N) is 1. The third-order valence-corrected chi connectivity index (χ3v) is 5.35. The van der Waals surface area contributed by atoms with Crippen molar-refractivity contribution >= 4 is 17.7 Å². The molecular formula is C18H19FN2O5S. The van der Waals surface area contributed by atoms with Gasteiger partial charge in [0, 0.05) is 23.4 Å². The smallest absolute Gasteiger partial charge is 0.338 e. The SMILES string of the molecule is Cc1cn([C@H]2C[C@H](SCF)[C@@H](COC(=O)c3ccccc3)O2)c(=O)[nH]c1=O. The summed E-state index contributed by atoms with van der Waals surface area (Å²) in [6.45, 7) is 1.52. The van der Waals surface area contributed by atoms with Crippen LogP contribution in [0.5, 0.6) is 0 Å². The largest absolute Gasteiger partial charge is 0.459 e. The Morgan fingerprint density at radius 3 is 2.81 bits per heavy atom. The Hall–Kier alpha value is -2.39. The Labute approximate surface area is 158 Å². The lowest BCUT2D eigenvalue weighted by Crippen LogP contribution is -2.33. The van der Waals surface area contributed by atoms with E-state index >= 15 is 0 Å². The molecule has 0 bridgehead atoms. The van der Waals surface area contributed by atoms with Gasteiger partial charge in [0.05, 0.1) is 5.56 Å². The minimum Gasteiger partial charge on any atom is -0.459 e. The van der Waals surface area contributed by atoms with Crippen molar-refractivity contribution in [1.82, 2.24) is 9.55 Å². The maximum absolute atomic E-state index is 12.9. The number of aryl methyl sites for hydroxylation is 1. The number of carbonyl (C=O) groups is 1. The van der Waals surface area contributed by atoms with Crippen LogP contribution < -0.4 is 11.2 Å². The van der Waals surface area contributed by atoms with Crippen LogP contribution in [0.3, 0.4) is 0 Å². The van der Waals surface area contributed by atoms with Gasteiger partial charge in [-0.2, -0.15) is 0 Å². The minimum atomic E-state index is -0.669. The number of hydrogen-bond acceptors (Lipinski definition) is 6. The molecule has 2 heterocycles. The van der Waals surface area contributed by atoms with Gasteiger partial charge >= 0.3 is 11.7 Å². The van der Waals surface area contributed by atoms with Crippen LogP contribution >= 0.6 is 11.8 Å². The van der Waals surface area contributed by atoms with Gasteiger partial charge in [-0.3, -0.25) is 14.3 Å². The first-order valence-corrected chi connectivity index (χ1v) is 9.41. The van der Waals surface area contributed by atoms with Gasteiger partial charge in [-0.15, -0.1) is 11.8 Å². The van der Waals surface area contributed by atoms with E-state index in [-0.39, 0.29) is 11.9 Å². The molecule has 1 aliphatic heterocycles. The zero-order chi connectivity index (χ0) is 19.4. The molecule has 1 saturated heterocycles. The lowest BCUT2D eigenvalue weighted by Gasteiger charge is -2.17. The monoisotopic (exact) mass is 394 g/mol. The first-order chi connectivity index (χ1) is 13.0. The fourth-order valence-corrected chi connectivity index (χ4v) is 3.71. The summed E-state index contributed by atoms with van der Waals surface area (Å²) < 4.78 is 25.3. The highest BCUT2D eigenvalue weighted by molar-refractivity contribution is 7.99. The molecule has 3 atom stereocenters. The van der Waals surface area contributed by atoms with Crippen molar-refractivity contribution in [3.05, 3.63) is 68.5 Å². The number of nitrogens with one attached hydrogen (secondary N) is 1. The van der Waals surface area contributed by atoms with Gasteiger partial charge < -0.3 is 9.47 Å².